The maximum atomic E-state index is 12.8. The van der Waals surface area contributed by atoms with Crippen LogP contribution in [0.2, 0.25) is 0 Å². The first-order valence-corrected chi connectivity index (χ1v) is 5.11. The van der Waals surface area contributed by atoms with Crippen molar-refractivity contribution in [3.63, 3.8) is 0 Å². The third kappa shape index (κ3) is 2.10. The lowest BCUT2D eigenvalue weighted by molar-refractivity contribution is -0.146. The van der Waals surface area contributed by atoms with Crippen molar-refractivity contribution < 1.29 is 13.2 Å². The number of rotatable bonds is 1. The highest BCUT2D eigenvalue weighted by Gasteiger charge is 2.38. The van der Waals surface area contributed by atoms with Crippen molar-refractivity contribution in [1.82, 2.24) is 14.3 Å². The quantitative estimate of drug-likeness (QED) is 0.735. The van der Waals surface area contributed by atoms with Crippen LogP contribution in [0.1, 0.15) is 5.82 Å². The highest BCUT2D eigenvalue weighted by molar-refractivity contribution is 7.71. The molecule has 17 heavy (non-hydrogen) atoms. The van der Waals surface area contributed by atoms with E-state index in [0.29, 0.717) is 5.69 Å². The summed E-state index contributed by atoms with van der Waals surface area (Å²) in [5, 5.41) is 3.41. The molecule has 0 aliphatic rings. The fourth-order valence-electron chi connectivity index (χ4n) is 1.46. The average Bonchev–Trinajstić information content (AvgIpc) is 2.57. The molecule has 1 aromatic carbocycles. The summed E-state index contributed by atoms with van der Waals surface area (Å²) in [7, 11) is 1.39. The summed E-state index contributed by atoms with van der Waals surface area (Å²) in [5.74, 6) is -1.02. The predicted octanol–water partition coefficient (Wildman–Crippen LogP) is 2.96. The summed E-state index contributed by atoms with van der Waals surface area (Å²) in [6, 6.07) is 8.10. The number of aromatic nitrogens is 3. The minimum atomic E-state index is -4.54. The fraction of sp³-hybridized carbons (Fsp3) is 0.200. The molecular formula is C10H8F3N3S. The van der Waals surface area contributed by atoms with Crippen molar-refractivity contribution in [3.8, 4) is 5.69 Å². The van der Waals surface area contributed by atoms with Crippen molar-refractivity contribution in [1.29, 1.82) is 0 Å². The Kier molecular flexibility index (Phi) is 2.78. The number of benzene rings is 1. The third-order valence-corrected chi connectivity index (χ3v) is 2.64. The molecule has 2 rings (SSSR count). The summed E-state index contributed by atoms with van der Waals surface area (Å²) >= 11 is 4.93. The molecule has 0 amide bonds. The van der Waals surface area contributed by atoms with Crippen LogP contribution in [0.3, 0.4) is 0 Å². The highest BCUT2D eigenvalue weighted by Crippen LogP contribution is 2.29. The van der Waals surface area contributed by atoms with Crippen LogP contribution in [0.15, 0.2) is 30.3 Å². The first-order chi connectivity index (χ1) is 7.91. The van der Waals surface area contributed by atoms with Crippen molar-refractivity contribution in [3.05, 3.63) is 40.9 Å². The van der Waals surface area contributed by atoms with E-state index in [-0.39, 0.29) is 4.77 Å². The van der Waals surface area contributed by atoms with Crippen LogP contribution in [0.25, 0.3) is 5.69 Å². The number of aryl methyl sites for hydroxylation is 1. The number of halogens is 3. The lowest BCUT2D eigenvalue weighted by Crippen LogP contribution is -2.14. The van der Waals surface area contributed by atoms with E-state index >= 15 is 0 Å². The fourth-order valence-corrected chi connectivity index (χ4v) is 1.69. The lowest BCUT2D eigenvalue weighted by atomic mass is 10.3. The maximum absolute atomic E-state index is 12.8. The zero-order valence-corrected chi connectivity index (χ0v) is 9.59. The van der Waals surface area contributed by atoms with Gasteiger partial charge in [0.25, 0.3) is 0 Å². The number of hydrogen-bond acceptors (Lipinski definition) is 2. The first kappa shape index (κ1) is 11.8. The normalized spacial score (nSPS) is 11.8. The standard InChI is InChI=1S/C10H8F3N3S/c1-15-9(17)16(7-5-3-2-4-6-7)8(14-15)10(11,12)13/h2-6H,1H3. The van der Waals surface area contributed by atoms with Gasteiger partial charge in [-0.3, -0.25) is 4.57 Å². The van der Waals surface area contributed by atoms with Crippen LogP contribution in [-0.2, 0) is 13.2 Å². The summed E-state index contributed by atoms with van der Waals surface area (Å²) in [5.41, 5.74) is 0.345. The molecule has 0 spiro atoms. The van der Waals surface area contributed by atoms with Crippen LogP contribution in [0, 0.1) is 4.77 Å². The molecule has 0 fully saturated rings. The van der Waals surface area contributed by atoms with Crippen LogP contribution < -0.4 is 0 Å². The molecule has 0 saturated carbocycles. The van der Waals surface area contributed by atoms with E-state index in [4.69, 9.17) is 12.2 Å². The lowest BCUT2D eigenvalue weighted by Gasteiger charge is -2.08. The molecule has 3 nitrogen and oxygen atoms in total. The van der Waals surface area contributed by atoms with Crippen molar-refractivity contribution in [2.75, 3.05) is 0 Å². The molecule has 2 aromatic rings. The Morgan fingerprint density at radius 3 is 2.29 bits per heavy atom. The smallest absolute Gasteiger partial charge is 0.264 e. The van der Waals surface area contributed by atoms with Crippen LogP contribution in [0.5, 0.6) is 0 Å². The molecular weight excluding hydrogens is 251 g/mol. The van der Waals surface area contributed by atoms with Gasteiger partial charge in [0.2, 0.25) is 10.6 Å². The van der Waals surface area contributed by atoms with Crippen molar-refractivity contribution >= 4 is 12.2 Å². The Hall–Kier alpha value is -1.63. The molecule has 0 atom stereocenters. The summed E-state index contributed by atoms with van der Waals surface area (Å²) in [4.78, 5) is 0. The Bertz CT molecular complexity index is 583. The van der Waals surface area contributed by atoms with E-state index in [1.165, 1.54) is 7.05 Å². The van der Waals surface area contributed by atoms with E-state index in [2.05, 4.69) is 5.10 Å². The minimum absolute atomic E-state index is 0.00326. The molecule has 0 bridgehead atoms. The molecule has 1 heterocycles. The number of para-hydroxylation sites is 1. The maximum Gasteiger partial charge on any atom is 0.452 e. The summed E-state index contributed by atoms with van der Waals surface area (Å²) < 4.78 is 40.3. The van der Waals surface area contributed by atoms with Crippen LogP contribution in [0.4, 0.5) is 13.2 Å². The summed E-state index contributed by atoms with van der Waals surface area (Å²) in [6.45, 7) is 0. The third-order valence-electron chi connectivity index (χ3n) is 2.19. The van der Waals surface area contributed by atoms with E-state index in [1.807, 2.05) is 0 Å². The van der Waals surface area contributed by atoms with Crippen LogP contribution >= 0.6 is 12.2 Å². The predicted molar refractivity (Wildman–Crippen MR) is 58.4 cm³/mol. The van der Waals surface area contributed by atoms with Gasteiger partial charge < -0.3 is 0 Å². The monoisotopic (exact) mass is 259 g/mol. The van der Waals surface area contributed by atoms with Gasteiger partial charge in [-0.05, 0) is 24.4 Å². The molecule has 0 unspecified atom stereocenters. The molecule has 1 aromatic heterocycles. The average molecular weight is 259 g/mol. The highest BCUT2D eigenvalue weighted by atomic mass is 32.1. The molecule has 0 saturated heterocycles. The molecule has 0 radical (unpaired) electrons. The second-order valence-electron chi connectivity index (χ2n) is 3.40. The Morgan fingerprint density at radius 1 is 1.18 bits per heavy atom. The zero-order valence-electron chi connectivity index (χ0n) is 8.77. The molecule has 0 aliphatic carbocycles. The number of hydrogen-bond donors (Lipinski definition) is 0. The Balaban J connectivity index is 2.73. The van der Waals surface area contributed by atoms with Gasteiger partial charge >= 0.3 is 6.18 Å². The minimum Gasteiger partial charge on any atom is -0.264 e. The topological polar surface area (TPSA) is 22.8 Å². The zero-order chi connectivity index (χ0) is 12.6. The molecule has 0 aliphatic heterocycles. The second kappa shape index (κ2) is 3.99. The molecule has 0 N–H and O–H groups in total. The summed E-state index contributed by atoms with van der Waals surface area (Å²) in [6.07, 6.45) is -4.54. The molecule has 90 valence electrons. The van der Waals surface area contributed by atoms with Gasteiger partial charge in [-0.25, -0.2) is 4.68 Å². The molecule has 7 heteroatoms. The first-order valence-electron chi connectivity index (χ1n) is 4.70. The SMILES string of the molecule is Cn1nc(C(F)(F)F)n(-c2ccccc2)c1=S. The number of nitrogens with zero attached hydrogens (tertiary/aromatic N) is 3. The van der Waals surface area contributed by atoms with Gasteiger partial charge in [-0.2, -0.15) is 13.2 Å². The van der Waals surface area contributed by atoms with E-state index < -0.39 is 12.0 Å². The second-order valence-corrected chi connectivity index (χ2v) is 3.76. The van der Waals surface area contributed by atoms with Gasteiger partial charge in [-0.1, -0.05) is 18.2 Å². The van der Waals surface area contributed by atoms with Gasteiger partial charge in [0.15, 0.2) is 0 Å². The largest absolute Gasteiger partial charge is 0.452 e. The van der Waals surface area contributed by atoms with Crippen molar-refractivity contribution in [2.24, 2.45) is 7.05 Å². The van der Waals surface area contributed by atoms with E-state index in [0.717, 1.165) is 9.25 Å². The van der Waals surface area contributed by atoms with Gasteiger partial charge in [-0.15, -0.1) is 5.10 Å². The van der Waals surface area contributed by atoms with Gasteiger partial charge in [0.05, 0.1) is 0 Å². The van der Waals surface area contributed by atoms with Gasteiger partial charge in [0, 0.05) is 12.7 Å². The van der Waals surface area contributed by atoms with Crippen molar-refractivity contribution in [2.45, 2.75) is 6.18 Å². The van der Waals surface area contributed by atoms with Gasteiger partial charge in [0.1, 0.15) is 0 Å². The Morgan fingerprint density at radius 2 is 1.76 bits per heavy atom. The number of alkyl halides is 3. The van der Waals surface area contributed by atoms with E-state index in [9.17, 15) is 13.2 Å². The van der Waals surface area contributed by atoms with Crippen LogP contribution in [-0.4, -0.2) is 14.3 Å². The van der Waals surface area contributed by atoms with E-state index in [1.54, 1.807) is 30.3 Å². The Labute approximate surface area is 100 Å².